The van der Waals surface area contributed by atoms with Crippen molar-refractivity contribution in [3.63, 3.8) is 0 Å². The molecule has 104 valence electrons. The number of carbonyl (C=O) groups excluding carboxylic acids is 1. The third kappa shape index (κ3) is 3.90. The van der Waals surface area contributed by atoms with Gasteiger partial charge in [0, 0.05) is 29.0 Å². The summed E-state index contributed by atoms with van der Waals surface area (Å²) < 4.78 is 0.906. The molecule has 0 aliphatic heterocycles. The molecule has 0 saturated heterocycles. The van der Waals surface area contributed by atoms with Gasteiger partial charge in [0.05, 0.1) is 0 Å². The van der Waals surface area contributed by atoms with Crippen molar-refractivity contribution in [1.82, 2.24) is 4.90 Å². The van der Waals surface area contributed by atoms with E-state index in [1.807, 2.05) is 24.3 Å². The summed E-state index contributed by atoms with van der Waals surface area (Å²) >= 11 is 3.45. The van der Waals surface area contributed by atoms with E-state index in [1.165, 1.54) is 25.7 Å². The van der Waals surface area contributed by atoms with Gasteiger partial charge in [-0.2, -0.15) is 0 Å². The van der Waals surface area contributed by atoms with Crippen molar-refractivity contribution in [2.24, 2.45) is 0 Å². The van der Waals surface area contributed by atoms with Crippen LogP contribution >= 0.6 is 15.9 Å². The zero-order chi connectivity index (χ0) is 13.7. The topological polar surface area (TPSA) is 20.3 Å². The Morgan fingerprint density at radius 2 is 2.00 bits per heavy atom. The van der Waals surface area contributed by atoms with Gasteiger partial charge in [0.2, 0.25) is 0 Å². The van der Waals surface area contributed by atoms with Gasteiger partial charge in [-0.3, -0.25) is 4.79 Å². The van der Waals surface area contributed by atoms with Crippen LogP contribution < -0.4 is 0 Å². The van der Waals surface area contributed by atoms with Crippen LogP contribution in [0.1, 0.15) is 49.4 Å². The monoisotopic (exact) mass is 323 g/mol. The Bertz CT molecular complexity index is 427. The highest BCUT2D eigenvalue weighted by atomic mass is 79.9. The van der Waals surface area contributed by atoms with Crippen LogP contribution in [0.4, 0.5) is 0 Å². The van der Waals surface area contributed by atoms with Gasteiger partial charge in [0.25, 0.3) is 0 Å². The molecule has 3 heteroatoms. The first kappa shape index (κ1) is 14.7. The first-order valence-corrected chi connectivity index (χ1v) is 8.03. The second-order valence-electron chi connectivity index (χ2n) is 5.22. The number of carbonyl (C=O) groups is 1. The average molecular weight is 324 g/mol. The molecular formula is C16H22BrNO. The fourth-order valence-corrected chi connectivity index (χ4v) is 3.44. The molecule has 1 aromatic carbocycles. The van der Waals surface area contributed by atoms with Gasteiger partial charge in [-0.05, 0) is 25.5 Å². The lowest BCUT2D eigenvalue weighted by Crippen LogP contribution is -2.34. The molecule has 0 heterocycles. The third-order valence-corrected chi connectivity index (χ3v) is 4.74. The summed E-state index contributed by atoms with van der Waals surface area (Å²) in [6, 6.07) is 8.40. The van der Waals surface area contributed by atoms with E-state index in [9.17, 15) is 4.79 Å². The molecule has 1 fully saturated rings. The Labute approximate surface area is 124 Å². The molecule has 0 N–H and O–H groups in total. The smallest absolute Gasteiger partial charge is 0.165 e. The number of halogens is 1. The first-order chi connectivity index (χ1) is 9.22. The summed E-state index contributed by atoms with van der Waals surface area (Å²) in [5, 5.41) is 0. The van der Waals surface area contributed by atoms with E-state index in [-0.39, 0.29) is 5.78 Å². The van der Waals surface area contributed by atoms with Crippen molar-refractivity contribution in [3.05, 3.63) is 34.3 Å². The van der Waals surface area contributed by atoms with Crippen molar-refractivity contribution in [2.75, 3.05) is 13.1 Å². The maximum absolute atomic E-state index is 12.2. The van der Waals surface area contributed by atoms with Crippen LogP contribution in [0.15, 0.2) is 28.7 Å². The normalized spacial score (nSPS) is 16.2. The minimum absolute atomic E-state index is 0.240. The fourth-order valence-electron chi connectivity index (χ4n) is 2.94. The molecule has 1 aliphatic rings. The molecule has 0 bridgehead atoms. The maximum atomic E-state index is 12.2. The Balaban J connectivity index is 1.90. The number of nitrogens with zero attached hydrogens (tertiary/aromatic N) is 1. The fraction of sp³-hybridized carbons (Fsp3) is 0.562. The molecule has 0 spiro atoms. The quantitative estimate of drug-likeness (QED) is 0.728. The highest BCUT2D eigenvalue weighted by Gasteiger charge is 2.22. The molecule has 1 saturated carbocycles. The summed E-state index contributed by atoms with van der Waals surface area (Å²) in [7, 11) is 0. The number of benzene rings is 1. The van der Waals surface area contributed by atoms with Crippen LogP contribution in [0.5, 0.6) is 0 Å². The maximum Gasteiger partial charge on any atom is 0.165 e. The molecule has 0 aromatic heterocycles. The van der Waals surface area contributed by atoms with E-state index in [0.29, 0.717) is 12.5 Å². The molecule has 1 aromatic rings. The molecule has 2 nitrogen and oxygen atoms in total. The molecule has 19 heavy (non-hydrogen) atoms. The van der Waals surface area contributed by atoms with Crippen molar-refractivity contribution < 1.29 is 4.79 Å². The minimum atomic E-state index is 0.240. The predicted molar refractivity (Wildman–Crippen MR) is 82.6 cm³/mol. The Kier molecular flexibility index (Phi) is 5.59. The van der Waals surface area contributed by atoms with Gasteiger partial charge in [-0.15, -0.1) is 0 Å². The van der Waals surface area contributed by atoms with Gasteiger partial charge in [-0.1, -0.05) is 53.9 Å². The summed E-state index contributed by atoms with van der Waals surface area (Å²) in [5.41, 5.74) is 0.810. The Morgan fingerprint density at radius 1 is 1.32 bits per heavy atom. The molecular weight excluding hydrogens is 302 g/mol. The van der Waals surface area contributed by atoms with Gasteiger partial charge >= 0.3 is 0 Å². The largest absolute Gasteiger partial charge is 0.300 e. The van der Waals surface area contributed by atoms with Gasteiger partial charge in [0.1, 0.15) is 0 Å². The van der Waals surface area contributed by atoms with Crippen LogP contribution in [-0.2, 0) is 0 Å². The van der Waals surface area contributed by atoms with E-state index < -0.39 is 0 Å². The number of hydrogen-bond acceptors (Lipinski definition) is 2. The molecule has 2 rings (SSSR count). The van der Waals surface area contributed by atoms with Crippen molar-refractivity contribution in [3.8, 4) is 0 Å². The number of hydrogen-bond donors (Lipinski definition) is 0. The Hall–Kier alpha value is -0.670. The lowest BCUT2D eigenvalue weighted by Gasteiger charge is -2.27. The minimum Gasteiger partial charge on any atom is -0.300 e. The second-order valence-corrected chi connectivity index (χ2v) is 6.07. The lowest BCUT2D eigenvalue weighted by atomic mass is 10.1. The Morgan fingerprint density at radius 3 is 2.63 bits per heavy atom. The highest BCUT2D eigenvalue weighted by molar-refractivity contribution is 9.10. The molecule has 0 unspecified atom stereocenters. The SMILES string of the molecule is CCN(CCC(=O)c1ccccc1Br)C1CCCC1. The van der Waals surface area contributed by atoms with Gasteiger partial charge in [-0.25, -0.2) is 0 Å². The zero-order valence-electron chi connectivity index (χ0n) is 11.6. The molecule has 0 amide bonds. The average Bonchev–Trinajstić information content (AvgIpc) is 2.94. The second kappa shape index (κ2) is 7.20. The number of ketones is 1. The van der Waals surface area contributed by atoms with Crippen LogP contribution in [0.25, 0.3) is 0 Å². The number of Topliss-reactive ketones (excluding diaryl/α,β-unsaturated/α-hetero) is 1. The molecule has 0 radical (unpaired) electrons. The first-order valence-electron chi connectivity index (χ1n) is 7.24. The van der Waals surface area contributed by atoms with E-state index in [2.05, 4.69) is 27.8 Å². The van der Waals surface area contributed by atoms with Crippen molar-refractivity contribution in [1.29, 1.82) is 0 Å². The summed E-state index contributed by atoms with van der Waals surface area (Å²) in [4.78, 5) is 14.7. The van der Waals surface area contributed by atoms with Crippen molar-refractivity contribution in [2.45, 2.75) is 45.1 Å². The number of rotatable bonds is 6. The zero-order valence-corrected chi connectivity index (χ0v) is 13.2. The highest BCUT2D eigenvalue weighted by Crippen LogP contribution is 2.24. The summed E-state index contributed by atoms with van der Waals surface area (Å²) in [6.45, 7) is 4.14. The lowest BCUT2D eigenvalue weighted by molar-refractivity contribution is 0.0952. The van der Waals surface area contributed by atoms with Crippen LogP contribution in [0, 0.1) is 0 Å². The molecule has 1 aliphatic carbocycles. The van der Waals surface area contributed by atoms with Crippen LogP contribution in [-0.4, -0.2) is 29.8 Å². The van der Waals surface area contributed by atoms with Gasteiger partial charge in [0.15, 0.2) is 5.78 Å². The van der Waals surface area contributed by atoms with E-state index in [0.717, 1.165) is 23.1 Å². The van der Waals surface area contributed by atoms with E-state index in [1.54, 1.807) is 0 Å². The van der Waals surface area contributed by atoms with Crippen LogP contribution in [0.3, 0.4) is 0 Å². The van der Waals surface area contributed by atoms with Crippen LogP contribution in [0.2, 0.25) is 0 Å². The standard InChI is InChI=1S/C16H22BrNO/c1-2-18(13-7-3-4-8-13)12-11-16(19)14-9-5-6-10-15(14)17/h5-6,9-10,13H,2-4,7-8,11-12H2,1H3. The summed E-state index contributed by atoms with van der Waals surface area (Å²) in [6.07, 6.45) is 5.92. The predicted octanol–water partition coefficient (Wildman–Crippen LogP) is 4.29. The van der Waals surface area contributed by atoms with E-state index >= 15 is 0 Å². The van der Waals surface area contributed by atoms with Gasteiger partial charge < -0.3 is 4.90 Å². The molecule has 0 atom stereocenters. The third-order valence-electron chi connectivity index (χ3n) is 4.05. The summed E-state index contributed by atoms with van der Waals surface area (Å²) in [5.74, 6) is 0.240. The van der Waals surface area contributed by atoms with Crippen molar-refractivity contribution >= 4 is 21.7 Å². The van der Waals surface area contributed by atoms with E-state index in [4.69, 9.17) is 0 Å².